The predicted octanol–water partition coefficient (Wildman–Crippen LogP) is 4.66. The first kappa shape index (κ1) is 11.1. The Morgan fingerprint density at radius 3 is 1.89 bits per heavy atom. The summed E-state index contributed by atoms with van der Waals surface area (Å²) in [5.74, 6) is 0. The second kappa shape index (κ2) is 4.67. The summed E-state index contributed by atoms with van der Waals surface area (Å²) in [7, 11) is 0. The summed E-state index contributed by atoms with van der Waals surface area (Å²) in [5.41, 5.74) is 9.37. The molecule has 2 heteroatoms. The van der Waals surface area contributed by atoms with Crippen molar-refractivity contribution in [1.29, 1.82) is 0 Å². The van der Waals surface area contributed by atoms with Gasteiger partial charge in [-0.25, -0.2) is 0 Å². The summed E-state index contributed by atoms with van der Waals surface area (Å²) in [5, 5.41) is 0. The van der Waals surface area contributed by atoms with Crippen molar-refractivity contribution in [2.75, 3.05) is 5.73 Å². The van der Waals surface area contributed by atoms with Crippen LogP contribution in [0.3, 0.4) is 0 Å². The normalized spacial score (nSPS) is 10.4. The summed E-state index contributed by atoms with van der Waals surface area (Å²) in [4.78, 5) is 2.36. The van der Waals surface area contributed by atoms with E-state index in [1.807, 2.05) is 36.4 Å². The maximum absolute atomic E-state index is 6.12. The topological polar surface area (TPSA) is 26.0 Å². The molecule has 0 saturated carbocycles. The van der Waals surface area contributed by atoms with Crippen LogP contribution in [0.25, 0.3) is 20.9 Å². The fourth-order valence-corrected chi connectivity index (χ4v) is 3.06. The van der Waals surface area contributed by atoms with E-state index in [4.69, 9.17) is 5.73 Å². The van der Waals surface area contributed by atoms with Crippen molar-refractivity contribution in [2.45, 2.75) is 0 Å². The molecule has 3 rings (SSSR count). The van der Waals surface area contributed by atoms with Gasteiger partial charge >= 0.3 is 0 Å². The van der Waals surface area contributed by atoms with Crippen molar-refractivity contribution in [2.24, 2.45) is 0 Å². The molecule has 1 heterocycles. The minimum atomic E-state index is 0.852. The van der Waals surface area contributed by atoms with Crippen LogP contribution >= 0.6 is 11.3 Å². The van der Waals surface area contributed by atoms with Crippen LogP contribution in [0.15, 0.2) is 66.7 Å². The van der Waals surface area contributed by atoms with Gasteiger partial charge < -0.3 is 5.73 Å². The molecule has 0 bridgehead atoms. The van der Waals surface area contributed by atoms with Gasteiger partial charge in [0.1, 0.15) is 0 Å². The van der Waals surface area contributed by atoms with Crippen molar-refractivity contribution >= 4 is 17.0 Å². The van der Waals surface area contributed by atoms with Crippen LogP contribution in [0.4, 0.5) is 5.69 Å². The number of anilines is 1. The standard InChI is InChI=1S/C16H13NS/c17-14-11-15(12-7-3-1-4-8-12)18-16(14)13-9-5-2-6-10-13/h1-11H,17H2. The monoisotopic (exact) mass is 251 g/mol. The van der Waals surface area contributed by atoms with E-state index in [0.717, 1.165) is 10.6 Å². The molecule has 0 aliphatic carbocycles. The van der Waals surface area contributed by atoms with E-state index in [0.29, 0.717) is 0 Å². The van der Waals surface area contributed by atoms with Crippen molar-refractivity contribution in [3.8, 4) is 20.9 Å². The molecule has 2 N–H and O–H groups in total. The Bertz CT molecular complexity index is 641. The van der Waals surface area contributed by atoms with Gasteiger partial charge in [-0.2, -0.15) is 0 Å². The molecule has 3 aromatic rings. The van der Waals surface area contributed by atoms with E-state index in [-0.39, 0.29) is 0 Å². The van der Waals surface area contributed by atoms with E-state index in [9.17, 15) is 0 Å². The Balaban J connectivity index is 2.07. The quantitative estimate of drug-likeness (QED) is 0.704. The number of nitrogens with two attached hydrogens (primary N) is 1. The molecule has 0 saturated heterocycles. The highest BCUT2D eigenvalue weighted by Gasteiger charge is 2.09. The van der Waals surface area contributed by atoms with Crippen molar-refractivity contribution in [1.82, 2.24) is 0 Å². The third-order valence-corrected chi connectivity index (χ3v) is 4.10. The highest BCUT2D eigenvalue weighted by atomic mass is 32.1. The highest BCUT2D eigenvalue weighted by molar-refractivity contribution is 7.19. The Labute approximate surface area is 111 Å². The van der Waals surface area contributed by atoms with Gasteiger partial charge in [0.05, 0.1) is 10.6 Å². The second-order valence-corrected chi connectivity index (χ2v) is 5.18. The van der Waals surface area contributed by atoms with Crippen LogP contribution in [-0.4, -0.2) is 0 Å². The van der Waals surface area contributed by atoms with Crippen LogP contribution in [0.2, 0.25) is 0 Å². The molecule has 1 nitrogen and oxygen atoms in total. The lowest BCUT2D eigenvalue weighted by Gasteiger charge is -1.98. The summed E-state index contributed by atoms with van der Waals surface area (Å²) < 4.78 is 0. The Kier molecular flexibility index (Phi) is 2.87. The van der Waals surface area contributed by atoms with Crippen LogP contribution in [0, 0.1) is 0 Å². The van der Waals surface area contributed by atoms with Crippen molar-refractivity contribution in [3.63, 3.8) is 0 Å². The fraction of sp³-hybridized carbons (Fsp3) is 0. The van der Waals surface area contributed by atoms with Crippen molar-refractivity contribution < 1.29 is 0 Å². The fourth-order valence-electron chi connectivity index (χ4n) is 1.96. The highest BCUT2D eigenvalue weighted by Crippen LogP contribution is 2.39. The lowest BCUT2D eigenvalue weighted by Crippen LogP contribution is -1.82. The SMILES string of the molecule is Nc1cc(-c2ccccc2)sc1-c1ccccc1. The summed E-state index contributed by atoms with van der Waals surface area (Å²) in [6.07, 6.45) is 0. The first-order valence-electron chi connectivity index (χ1n) is 5.85. The largest absolute Gasteiger partial charge is 0.398 e. The first-order chi connectivity index (χ1) is 8.84. The second-order valence-electron chi connectivity index (χ2n) is 4.13. The van der Waals surface area contributed by atoms with Crippen LogP contribution in [0.5, 0.6) is 0 Å². The molecule has 0 spiro atoms. The summed E-state index contributed by atoms with van der Waals surface area (Å²) in [6, 6.07) is 22.7. The first-order valence-corrected chi connectivity index (χ1v) is 6.66. The van der Waals surface area contributed by atoms with E-state index in [1.165, 1.54) is 16.0 Å². The maximum atomic E-state index is 6.12. The number of thiophene rings is 1. The molecule has 0 aliphatic rings. The molecule has 0 atom stereocenters. The van der Waals surface area contributed by atoms with E-state index < -0.39 is 0 Å². The summed E-state index contributed by atoms with van der Waals surface area (Å²) >= 11 is 1.74. The minimum absolute atomic E-state index is 0.852. The molecule has 0 radical (unpaired) electrons. The average molecular weight is 251 g/mol. The number of hydrogen-bond acceptors (Lipinski definition) is 2. The van der Waals surface area contributed by atoms with Crippen molar-refractivity contribution in [3.05, 3.63) is 66.7 Å². The van der Waals surface area contributed by atoms with Gasteiger partial charge in [0.15, 0.2) is 0 Å². The Morgan fingerprint density at radius 1 is 0.722 bits per heavy atom. The average Bonchev–Trinajstić information content (AvgIpc) is 2.83. The van der Waals surface area contributed by atoms with Gasteiger partial charge in [0.2, 0.25) is 0 Å². The molecule has 0 fully saturated rings. The smallest absolute Gasteiger partial charge is 0.0578 e. The zero-order valence-electron chi connectivity index (χ0n) is 9.84. The zero-order valence-corrected chi connectivity index (χ0v) is 10.7. The summed E-state index contributed by atoms with van der Waals surface area (Å²) in [6.45, 7) is 0. The molecular formula is C16H13NS. The van der Waals surface area contributed by atoms with Gasteiger partial charge in [-0.1, -0.05) is 60.7 Å². The van der Waals surface area contributed by atoms with Gasteiger partial charge in [-0.05, 0) is 17.2 Å². The van der Waals surface area contributed by atoms with E-state index >= 15 is 0 Å². The lowest BCUT2D eigenvalue weighted by atomic mass is 10.1. The molecular weight excluding hydrogens is 238 g/mol. The molecule has 18 heavy (non-hydrogen) atoms. The zero-order chi connectivity index (χ0) is 12.4. The third kappa shape index (κ3) is 2.03. The molecule has 0 aliphatic heterocycles. The Morgan fingerprint density at radius 2 is 1.28 bits per heavy atom. The number of rotatable bonds is 2. The van der Waals surface area contributed by atoms with E-state index in [2.05, 4.69) is 30.3 Å². The van der Waals surface area contributed by atoms with Gasteiger partial charge in [-0.3, -0.25) is 0 Å². The van der Waals surface area contributed by atoms with E-state index in [1.54, 1.807) is 11.3 Å². The predicted molar refractivity (Wildman–Crippen MR) is 79.6 cm³/mol. The number of benzene rings is 2. The lowest BCUT2D eigenvalue weighted by molar-refractivity contribution is 1.68. The third-order valence-electron chi connectivity index (χ3n) is 2.86. The molecule has 1 aromatic heterocycles. The number of hydrogen-bond donors (Lipinski definition) is 1. The van der Waals surface area contributed by atoms with Crippen LogP contribution in [0.1, 0.15) is 0 Å². The van der Waals surface area contributed by atoms with Crippen LogP contribution in [-0.2, 0) is 0 Å². The Hall–Kier alpha value is -2.06. The maximum Gasteiger partial charge on any atom is 0.0578 e. The van der Waals surface area contributed by atoms with Gasteiger partial charge in [0.25, 0.3) is 0 Å². The molecule has 0 unspecified atom stereocenters. The minimum Gasteiger partial charge on any atom is -0.398 e. The van der Waals surface area contributed by atoms with Crippen LogP contribution < -0.4 is 5.73 Å². The van der Waals surface area contributed by atoms with Gasteiger partial charge in [0, 0.05) is 4.88 Å². The molecule has 2 aromatic carbocycles. The molecule has 0 amide bonds. The molecule has 88 valence electrons. The number of nitrogen functional groups attached to an aromatic ring is 1. The van der Waals surface area contributed by atoms with Gasteiger partial charge in [-0.15, -0.1) is 11.3 Å².